The van der Waals surface area contributed by atoms with E-state index in [1.807, 2.05) is 11.4 Å². The smallest absolute Gasteiger partial charge is 0.268 e. The quantitative estimate of drug-likeness (QED) is 0.510. The summed E-state index contributed by atoms with van der Waals surface area (Å²) in [4.78, 5) is 41.0. The van der Waals surface area contributed by atoms with Gasteiger partial charge in [-0.1, -0.05) is 0 Å². The van der Waals surface area contributed by atoms with Crippen LogP contribution in [0.1, 0.15) is 26.8 Å². The van der Waals surface area contributed by atoms with Gasteiger partial charge in [0.25, 0.3) is 11.5 Å². The Bertz CT molecular complexity index is 1260. The molecule has 0 spiro atoms. The summed E-state index contributed by atoms with van der Waals surface area (Å²) in [6.07, 6.45) is 1.55. The van der Waals surface area contributed by atoms with Gasteiger partial charge in [0, 0.05) is 11.6 Å². The Labute approximate surface area is 172 Å². The van der Waals surface area contributed by atoms with Gasteiger partial charge >= 0.3 is 0 Å². The molecule has 30 heavy (non-hydrogen) atoms. The molecule has 1 atom stereocenters. The number of aliphatic carboxylic acids is 1. The maximum atomic E-state index is 13.2. The van der Waals surface area contributed by atoms with E-state index in [4.69, 9.17) is 4.74 Å². The lowest BCUT2D eigenvalue weighted by molar-refractivity contribution is -0.303. The van der Waals surface area contributed by atoms with Crippen molar-refractivity contribution >= 4 is 34.1 Å². The summed E-state index contributed by atoms with van der Waals surface area (Å²) in [6, 6.07) is 4.13. The van der Waals surface area contributed by atoms with Gasteiger partial charge in [-0.2, -0.15) is 5.26 Å². The summed E-state index contributed by atoms with van der Waals surface area (Å²) in [5.41, 5.74) is 0.469. The first-order valence-corrected chi connectivity index (χ1v) is 9.15. The molecule has 0 saturated carbocycles. The largest absolute Gasteiger partial charge is 0.548 e. The zero-order valence-corrected chi connectivity index (χ0v) is 16.4. The fourth-order valence-corrected chi connectivity index (χ4v) is 3.97. The number of nitriles is 1. The van der Waals surface area contributed by atoms with E-state index >= 15 is 0 Å². The number of nitrogens with one attached hydrogen (secondary N) is 1. The van der Waals surface area contributed by atoms with Crippen LogP contribution >= 0.6 is 11.3 Å². The lowest BCUT2D eigenvalue weighted by Gasteiger charge is -2.29. The SMILES string of the molecule is N#Cc1ccc2c(O)c(C(=O)NCC(=O)[O-])c(=O)n3c2c1OCC3c1cncs1.[NH4+]. The van der Waals surface area contributed by atoms with Crippen molar-refractivity contribution in [3.8, 4) is 17.6 Å². The maximum Gasteiger partial charge on any atom is 0.268 e. The van der Waals surface area contributed by atoms with Crippen molar-refractivity contribution in [2.75, 3.05) is 13.2 Å². The van der Waals surface area contributed by atoms with E-state index in [1.165, 1.54) is 28.0 Å². The monoisotopic (exact) mass is 429 g/mol. The summed E-state index contributed by atoms with van der Waals surface area (Å²) >= 11 is 1.27. The van der Waals surface area contributed by atoms with E-state index < -0.39 is 41.3 Å². The number of benzene rings is 1. The van der Waals surface area contributed by atoms with Gasteiger partial charge in [0.05, 0.1) is 34.0 Å². The van der Waals surface area contributed by atoms with Gasteiger partial charge in [-0.05, 0) is 12.1 Å². The van der Waals surface area contributed by atoms with Gasteiger partial charge in [0.2, 0.25) is 0 Å². The molecule has 12 heteroatoms. The first-order valence-electron chi connectivity index (χ1n) is 8.27. The van der Waals surface area contributed by atoms with Gasteiger partial charge in [-0.25, -0.2) is 0 Å². The number of thiazole rings is 1. The molecule has 1 amide bonds. The van der Waals surface area contributed by atoms with Crippen LogP contribution in [-0.2, 0) is 4.79 Å². The van der Waals surface area contributed by atoms with Crippen LogP contribution in [0, 0.1) is 11.3 Å². The van der Waals surface area contributed by atoms with Crippen molar-refractivity contribution in [3.05, 3.63) is 50.2 Å². The molecule has 1 aromatic carbocycles. The Hall–Kier alpha value is -3.95. The third kappa shape index (κ3) is 3.11. The number of quaternary nitrogens is 1. The second-order valence-corrected chi connectivity index (χ2v) is 7.05. The molecule has 1 aliphatic heterocycles. The van der Waals surface area contributed by atoms with Gasteiger partial charge in [0.15, 0.2) is 5.75 Å². The predicted molar refractivity (Wildman–Crippen MR) is 104 cm³/mol. The molecule has 154 valence electrons. The van der Waals surface area contributed by atoms with Crippen molar-refractivity contribution < 1.29 is 24.5 Å². The number of hydrogen-bond donors (Lipinski definition) is 3. The number of carboxylic acids is 1. The molecule has 4 rings (SSSR count). The molecule has 0 bridgehead atoms. The van der Waals surface area contributed by atoms with Crippen molar-refractivity contribution in [3.63, 3.8) is 0 Å². The number of nitrogens with zero attached hydrogens (tertiary/aromatic N) is 3. The van der Waals surface area contributed by atoms with Gasteiger partial charge < -0.3 is 31.2 Å². The molecule has 0 radical (unpaired) electrons. The second-order valence-electron chi connectivity index (χ2n) is 6.13. The van der Waals surface area contributed by atoms with Crippen molar-refractivity contribution in [1.29, 1.82) is 5.26 Å². The number of ether oxygens (including phenoxy) is 1. The summed E-state index contributed by atoms with van der Waals surface area (Å²) in [5.74, 6) is -3.10. The van der Waals surface area contributed by atoms with Crippen LogP contribution in [-0.4, -0.2) is 39.7 Å². The highest BCUT2D eigenvalue weighted by molar-refractivity contribution is 7.09. The van der Waals surface area contributed by atoms with E-state index in [0.717, 1.165) is 0 Å². The highest BCUT2D eigenvalue weighted by atomic mass is 32.1. The normalized spacial score (nSPS) is 14.3. The van der Waals surface area contributed by atoms with Gasteiger partial charge in [-0.3, -0.25) is 19.1 Å². The minimum atomic E-state index is -1.54. The molecule has 1 aliphatic rings. The van der Waals surface area contributed by atoms with Crippen molar-refractivity contribution in [1.82, 2.24) is 21.0 Å². The molecule has 3 aromatic rings. The molecule has 6 N–H and O–H groups in total. The van der Waals surface area contributed by atoms with E-state index in [2.05, 4.69) is 4.98 Å². The average molecular weight is 429 g/mol. The average Bonchev–Trinajstić information content (AvgIpc) is 3.24. The second kappa shape index (κ2) is 7.82. The van der Waals surface area contributed by atoms with Gasteiger partial charge in [-0.15, -0.1) is 11.3 Å². The van der Waals surface area contributed by atoms with Crippen LogP contribution in [0.2, 0.25) is 0 Å². The Balaban J connectivity index is 0.00000256. The third-order valence-electron chi connectivity index (χ3n) is 4.51. The Morgan fingerprint density at radius 1 is 1.47 bits per heavy atom. The molecule has 11 nitrogen and oxygen atoms in total. The third-order valence-corrected chi connectivity index (χ3v) is 5.39. The number of carbonyl (C=O) groups excluding carboxylic acids is 2. The Morgan fingerprint density at radius 2 is 2.23 bits per heavy atom. The molecular formula is C18H15N5O6S. The standard InChI is InChI=1S/C18H12N4O6S.H3N/c19-3-8-1-2-9-14-16(8)28-6-10(11-4-20-7-29-11)22(14)18(27)13(15(9)25)17(26)21-5-12(23)24;/h1-2,4,7,10,25H,5-6H2,(H,21,26)(H,23,24);1H3. The number of aromatic nitrogens is 2. The van der Waals surface area contributed by atoms with E-state index in [0.29, 0.717) is 4.88 Å². The Kier molecular flexibility index (Phi) is 5.41. The molecule has 0 aliphatic carbocycles. The van der Waals surface area contributed by atoms with E-state index in [-0.39, 0.29) is 35.0 Å². The zero-order chi connectivity index (χ0) is 20.7. The van der Waals surface area contributed by atoms with Crippen molar-refractivity contribution in [2.24, 2.45) is 0 Å². The molecule has 2 aromatic heterocycles. The molecule has 1 unspecified atom stereocenters. The van der Waals surface area contributed by atoms with Gasteiger partial charge in [0.1, 0.15) is 30.0 Å². The molecule has 0 fully saturated rings. The van der Waals surface area contributed by atoms with E-state index in [1.54, 1.807) is 11.7 Å². The molecular weight excluding hydrogens is 414 g/mol. The van der Waals surface area contributed by atoms with Crippen LogP contribution in [0.5, 0.6) is 11.5 Å². The zero-order valence-electron chi connectivity index (χ0n) is 15.5. The maximum absolute atomic E-state index is 13.2. The van der Waals surface area contributed by atoms with E-state index in [9.17, 15) is 29.9 Å². The summed E-state index contributed by atoms with van der Waals surface area (Å²) in [6.45, 7) is -0.816. The minimum absolute atomic E-state index is 0. The molecule has 3 heterocycles. The topological polar surface area (TPSA) is 194 Å². The molecule has 0 saturated heterocycles. The minimum Gasteiger partial charge on any atom is -0.548 e. The van der Waals surface area contributed by atoms with Crippen LogP contribution in [0.4, 0.5) is 0 Å². The van der Waals surface area contributed by atoms with Crippen LogP contribution in [0.25, 0.3) is 10.9 Å². The first kappa shape index (κ1) is 20.8. The van der Waals surface area contributed by atoms with Crippen LogP contribution < -0.4 is 26.9 Å². The van der Waals surface area contributed by atoms with Crippen LogP contribution in [0.15, 0.2) is 28.6 Å². The number of carboxylic acid groups (broad SMARTS) is 1. The Morgan fingerprint density at radius 3 is 2.87 bits per heavy atom. The predicted octanol–water partition coefficient (Wildman–Crippen LogP) is -0.127. The lowest BCUT2D eigenvalue weighted by Crippen LogP contribution is -2.42. The number of pyridine rings is 1. The number of amides is 1. The summed E-state index contributed by atoms with van der Waals surface area (Å²) in [7, 11) is 0. The summed E-state index contributed by atoms with van der Waals surface area (Å²) in [5, 5.41) is 32.8. The fraction of sp³-hybridized carbons (Fsp3) is 0.167. The highest BCUT2D eigenvalue weighted by Gasteiger charge is 2.33. The number of rotatable bonds is 4. The number of aromatic hydroxyl groups is 1. The van der Waals surface area contributed by atoms with Crippen molar-refractivity contribution in [2.45, 2.75) is 6.04 Å². The highest BCUT2D eigenvalue weighted by Crippen LogP contribution is 2.40. The number of hydrogen-bond acceptors (Lipinski definition) is 9. The number of carbonyl (C=O) groups is 2. The first-order chi connectivity index (χ1) is 13.9. The summed E-state index contributed by atoms with van der Waals surface area (Å²) < 4.78 is 7.02. The fourth-order valence-electron chi connectivity index (χ4n) is 3.27. The van der Waals surface area contributed by atoms with Crippen LogP contribution in [0.3, 0.4) is 0 Å². The lowest BCUT2D eigenvalue weighted by atomic mass is 10.0.